The van der Waals surface area contributed by atoms with Gasteiger partial charge in [-0.2, -0.15) is 5.10 Å². The van der Waals surface area contributed by atoms with Gasteiger partial charge in [0.05, 0.1) is 23.1 Å². The van der Waals surface area contributed by atoms with Crippen LogP contribution >= 0.6 is 0 Å². The Labute approximate surface area is 185 Å². The highest BCUT2D eigenvalue weighted by Crippen LogP contribution is 2.29. The van der Waals surface area contributed by atoms with Crippen LogP contribution in [0.1, 0.15) is 16.7 Å². The van der Waals surface area contributed by atoms with E-state index >= 15 is 0 Å². The predicted molar refractivity (Wildman–Crippen MR) is 124 cm³/mol. The first-order valence-corrected chi connectivity index (χ1v) is 11.0. The zero-order valence-corrected chi connectivity index (χ0v) is 18.5. The molecule has 2 N–H and O–H groups in total. The fourth-order valence-electron chi connectivity index (χ4n) is 2.94. The van der Waals surface area contributed by atoms with Crippen LogP contribution in [0.4, 0.5) is 17.1 Å². The molecular formula is C22H22N4O5S. The van der Waals surface area contributed by atoms with Gasteiger partial charge in [0.25, 0.3) is 15.7 Å². The van der Waals surface area contributed by atoms with Crippen molar-refractivity contribution in [3.63, 3.8) is 0 Å². The largest absolute Gasteiger partial charge is 0.497 e. The zero-order chi connectivity index (χ0) is 23.3. The van der Waals surface area contributed by atoms with Gasteiger partial charge in [-0.25, -0.2) is 8.42 Å². The highest BCUT2D eigenvalue weighted by molar-refractivity contribution is 7.92. The van der Waals surface area contributed by atoms with Crippen LogP contribution < -0.4 is 14.9 Å². The maximum atomic E-state index is 12.7. The Bertz CT molecular complexity index is 1270. The minimum atomic E-state index is -4.04. The van der Waals surface area contributed by atoms with E-state index in [0.717, 1.165) is 22.8 Å². The molecular weight excluding hydrogens is 432 g/mol. The minimum Gasteiger partial charge on any atom is -0.497 e. The van der Waals surface area contributed by atoms with Crippen molar-refractivity contribution in [2.24, 2.45) is 5.10 Å². The quantitative estimate of drug-likeness (QED) is 0.294. The molecule has 0 aliphatic heterocycles. The molecule has 0 saturated heterocycles. The lowest BCUT2D eigenvalue weighted by Gasteiger charge is -2.10. The summed E-state index contributed by atoms with van der Waals surface area (Å²) in [5, 5.41) is 15.6. The minimum absolute atomic E-state index is 0.0689. The number of methoxy groups -OCH3 is 1. The van der Waals surface area contributed by atoms with Crippen LogP contribution in [0, 0.1) is 24.0 Å². The van der Waals surface area contributed by atoms with E-state index in [2.05, 4.69) is 15.2 Å². The third-order valence-corrected chi connectivity index (χ3v) is 6.01. The Kier molecular flexibility index (Phi) is 6.74. The second-order valence-corrected chi connectivity index (χ2v) is 8.68. The Morgan fingerprint density at radius 2 is 1.75 bits per heavy atom. The van der Waals surface area contributed by atoms with Crippen molar-refractivity contribution in [3.05, 3.63) is 87.5 Å². The van der Waals surface area contributed by atoms with Gasteiger partial charge in [0.2, 0.25) is 0 Å². The zero-order valence-electron chi connectivity index (χ0n) is 17.7. The summed E-state index contributed by atoms with van der Waals surface area (Å²) in [6.07, 6.45) is 1.55. The van der Waals surface area contributed by atoms with Crippen molar-refractivity contribution in [2.45, 2.75) is 18.7 Å². The molecule has 9 nitrogen and oxygen atoms in total. The van der Waals surface area contributed by atoms with E-state index in [-0.39, 0.29) is 10.6 Å². The van der Waals surface area contributed by atoms with Gasteiger partial charge in [0.1, 0.15) is 11.4 Å². The van der Waals surface area contributed by atoms with Crippen molar-refractivity contribution in [2.75, 3.05) is 17.3 Å². The molecule has 0 radical (unpaired) electrons. The number of ether oxygens (including phenoxy) is 1. The summed E-state index contributed by atoms with van der Waals surface area (Å²) in [4.78, 5) is 10.6. The number of hydrazone groups is 1. The number of anilines is 2. The normalized spacial score (nSPS) is 11.3. The summed E-state index contributed by atoms with van der Waals surface area (Å²) in [5.41, 5.74) is 5.56. The molecule has 0 aromatic heterocycles. The summed E-state index contributed by atoms with van der Waals surface area (Å²) in [5.74, 6) is 0.570. The molecule has 0 aliphatic carbocycles. The number of nitro benzene ring substituents is 1. The topological polar surface area (TPSA) is 123 Å². The van der Waals surface area contributed by atoms with Crippen LogP contribution in [0.2, 0.25) is 0 Å². The van der Waals surface area contributed by atoms with E-state index in [4.69, 9.17) is 4.74 Å². The van der Waals surface area contributed by atoms with E-state index in [0.29, 0.717) is 11.4 Å². The molecule has 32 heavy (non-hydrogen) atoms. The monoisotopic (exact) mass is 454 g/mol. The van der Waals surface area contributed by atoms with Gasteiger partial charge in [-0.1, -0.05) is 23.8 Å². The van der Waals surface area contributed by atoms with Crippen LogP contribution in [0.3, 0.4) is 0 Å². The van der Waals surface area contributed by atoms with Gasteiger partial charge in [-0.05, 0) is 61.4 Å². The van der Waals surface area contributed by atoms with Gasteiger partial charge in [-0.3, -0.25) is 20.3 Å². The molecule has 0 aliphatic rings. The molecule has 166 valence electrons. The fraction of sp³-hybridized carbons (Fsp3) is 0.136. The molecule has 0 amide bonds. The van der Waals surface area contributed by atoms with Gasteiger partial charge in [-0.15, -0.1) is 0 Å². The first-order chi connectivity index (χ1) is 15.2. The number of benzene rings is 3. The molecule has 3 rings (SSSR count). The second kappa shape index (κ2) is 9.48. The van der Waals surface area contributed by atoms with Gasteiger partial charge < -0.3 is 4.74 Å². The van der Waals surface area contributed by atoms with E-state index in [9.17, 15) is 18.5 Å². The molecule has 0 bridgehead atoms. The van der Waals surface area contributed by atoms with Crippen LogP contribution in [-0.2, 0) is 10.0 Å². The van der Waals surface area contributed by atoms with Crippen molar-refractivity contribution < 1.29 is 18.1 Å². The first-order valence-electron chi connectivity index (χ1n) is 9.51. The summed E-state index contributed by atoms with van der Waals surface area (Å²) < 4.78 is 32.8. The Balaban J connectivity index is 1.83. The molecule has 0 saturated carbocycles. The molecule has 0 fully saturated rings. The summed E-state index contributed by atoms with van der Waals surface area (Å²) >= 11 is 0. The summed E-state index contributed by atoms with van der Waals surface area (Å²) in [7, 11) is -2.54. The lowest BCUT2D eigenvalue weighted by Crippen LogP contribution is -2.13. The summed E-state index contributed by atoms with van der Waals surface area (Å²) in [6.45, 7) is 3.92. The number of hydrogen-bond donors (Lipinski definition) is 2. The third-order valence-electron chi connectivity index (χ3n) is 4.63. The van der Waals surface area contributed by atoms with E-state index < -0.39 is 20.6 Å². The van der Waals surface area contributed by atoms with Gasteiger partial charge >= 0.3 is 0 Å². The van der Waals surface area contributed by atoms with Gasteiger partial charge in [0.15, 0.2) is 0 Å². The average Bonchev–Trinajstić information content (AvgIpc) is 2.75. The van der Waals surface area contributed by atoms with Crippen LogP contribution in [0.25, 0.3) is 0 Å². The van der Waals surface area contributed by atoms with Crippen molar-refractivity contribution in [1.82, 2.24) is 0 Å². The van der Waals surface area contributed by atoms with Crippen LogP contribution in [0.15, 0.2) is 70.7 Å². The highest BCUT2D eigenvalue weighted by Gasteiger charge is 2.21. The van der Waals surface area contributed by atoms with Crippen LogP contribution in [-0.4, -0.2) is 26.7 Å². The molecule has 0 unspecified atom stereocenters. The molecule has 0 heterocycles. The van der Waals surface area contributed by atoms with E-state index in [1.807, 2.05) is 32.0 Å². The Morgan fingerprint density at radius 1 is 1.03 bits per heavy atom. The maximum Gasteiger partial charge on any atom is 0.295 e. The Morgan fingerprint density at radius 3 is 2.38 bits per heavy atom. The lowest BCUT2D eigenvalue weighted by molar-refractivity contribution is -0.384. The van der Waals surface area contributed by atoms with E-state index in [1.165, 1.54) is 31.4 Å². The van der Waals surface area contributed by atoms with Gasteiger partial charge in [0, 0.05) is 11.8 Å². The van der Waals surface area contributed by atoms with Crippen molar-refractivity contribution in [1.29, 1.82) is 0 Å². The molecule has 0 atom stereocenters. The number of nitrogens with zero attached hydrogens (tertiary/aromatic N) is 2. The van der Waals surface area contributed by atoms with Crippen LogP contribution in [0.5, 0.6) is 5.75 Å². The lowest BCUT2D eigenvalue weighted by atomic mass is 10.1. The maximum absolute atomic E-state index is 12.7. The second-order valence-electron chi connectivity index (χ2n) is 7.00. The standard InChI is InChI=1S/C22H22N4O5S/c1-15-4-5-17(16(2)12-15)14-23-24-21-11-10-20(13-22(21)26(27)28)32(29,30)25-18-6-8-19(31-3)9-7-18/h4-14,24-25H,1-3H3. The molecule has 3 aromatic rings. The number of aryl methyl sites for hydroxylation is 2. The summed E-state index contributed by atoms with van der Waals surface area (Å²) in [6, 6.07) is 15.7. The molecule has 0 spiro atoms. The smallest absolute Gasteiger partial charge is 0.295 e. The number of sulfonamides is 1. The fourth-order valence-corrected chi connectivity index (χ4v) is 4.02. The van der Waals surface area contributed by atoms with Crippen molar-refractivity contribution in [3.8, 4) is 5.75 Å². The van der Waals surface area contributed by atoms with E-state index in [1.54, 1.807) is 18.3 Å². The molecule has 3 aromatic carbocycles. The molecule has 10 heteroatoms. The van der Waals surface area contributed by atoms with Crippen molar-refractivity contribution >= 4 is 33.3 Å². The highest BCUT2D eigenvalue weighted by atomic mass is 32.2. The number of nitrogens with one attached hydrogen (secondary N) is 2. The number of rotatable bonds is 8. The Hall–Kier alpha value is -3.92. The SMILES string of the molecule is COc1ccc(NS(=O)(=O)c2ccc(NN=Cc3ccc(C)cc3C)c([N+](=O)[O-])c2)cc1. The average molecular weight is 455 g/mol. The third kappa shape index (κ3) is 5.41. The predicted octanol–water partition coefficient (Wildman–Crippen LogP) is 4.47. The number of nitro groups is 1. The first kappa shape index (κ1) is 22.8. The number of hydrogen-bond acceptors (Lipinski definition) is 7.